The van der Waals surface area contributed by atoms with Crippen LogP contribution in [0.15, 0.2) is 48.5 Å². The van der Waals surface area contributed by atoms with Crippen LogP contribution in [0.5, 0.6) is 0 Å². The molecule has 0 bridgehead atoms. The molecule has 0 aliphatic carbocycles. The van der Waals surface area contributed by atoms with E-state index in [-0.39, 0.29) is 29.6 Å². The highest BCUT2D eigenvalue weighted by Crippen LogP contribution is 2.40. The van der Waals surface area contributed by atoms with Crippen molar-refractivity contribution < 1.29 is 19.3 Å². The summed E-state index contributed by atoms with van der Waals surface area (Å²) in [7, 11) is 0. The molecule has 2 aromatic rings. The van der Waals surface area contributed by atoms with Crippen molar-refractivity contribution in [3.63, 3.8) is 0 Å². The Morgan fingerprint density at radius 3 is 2.14 bits per heavy atom. The van der Waals surface area contributed by atoms with Crippen LogP contribution < -0.4 is 9.80 Å². The van der Waals surface area contributed by atoms with E-state index in [1.807, 2.05) is 62.4 Å². The molecule has 3 heterocycles. The molecule has 5 heteroatoms. The highest BCUT2D eigenvalue weighted by atomic mass is 16.2. The van der Waals surface area contributed by atoms with Crippen molar-refractivity contribution in [3.8, 4) is 0 Å². The van der Waals surface area contributed by atoms with E-state index >= 15 is 0 Å². The molecule has 5 nitrogen and oxygen atoms in total. The quantitative estimate of drug-likeness (QED) is 0.642. The number of aryl methyl sites for hydroxylation is 2. The Morgan fingerprint density at radius 1 is 0.897 bits per heavy atom. The third-order valence-corrected chi connectivity index (χ3v) is 6.96. The lowest BCUT2D eigenvalue weighted by atomic mass is 9.85. The number of benzene rings is 2. The molecule has 29 heavy (non-hydrogen) atoms. The third kappa shape index (κ3) is 2.68. The Hall–Kier alpha value is -2.79. The van der Waals surface area contributed by atoms with Crippen molar-refractivity contribution in [2.24, 2.45) is 11.8 Å². The van der Waals surface area contributed by atoms with Crippen LogP contribution in [0.25, 0.3) is 0 Å². The average Bonchev–Trinajstić information content (AvgIpc) is 3.35. The number of ketones is 1. The van der Waals surface area contributed by atoms with Crippen LogP contribution in [0.3, 0.4) is 0 Å². The molecule has 1 unspecified atom stereocenters. The predicted molar refractivity (Wildman–Crippen MR) is 109 cm³/mol. The number of carbonyl (C=O) groups excluding carboxylic acids is 3. The van der Waals surface area contributed by atoms with Crippen molar-refractivity contribution in [1.29, 1.82) is 0 Å². The molecular formula is C24H25N2O3+. The first-order chi connectivity index (χ1) is 14.0. The molecule has 5 rings (SSSR count). The van der Waals surface area contributed by atoms with E-state index in [9.17, 15) is 14.4 Å². The van der Waals surface area contributed by atoms with Crippen molar-refractivity contribution in [2.75, 3.05) is 11.4 Å². The number of fused-ring (bicyclic) bond motifs is 3. The lowest BCUT2D eigenvalue weighted by molar-refractivity contribution is -0.915. The molecule has 0 saturated carbocycles. The molecule has 0 aromatic heterocycles. The third-order valence-electron chi connectivity index (χ3n) is 6.96. The number of hydrogen-bond donors (Lipinski definition) is 1. The maximum absolute atomic E-state index is 13.5. The van der Waals surface area contributed by atoms with Crippen LogP contribution in [0.2, 0.25) is 0 Å². The normalized spacial score (nSPS) is 30.6. The minimum Gasteiger partial charge on any atom is -0.322 e. The van der Waals surface area contributed by atoms with Gasteiger partial charge in [-0.1, -0.05) is 47.5 Å². The minimum atomic E-state index is -0.557. The summed E-state index contributed by atoms with van der Waals surface area (Å²) in [6.45, 7) is 4.81. The van der Waals surface area contributed by atoms with E-state index in [1.165, 1.54) is 4.90 Å². The molecular weight excluding hydrogens is 364 g/mol. The van der Waals surface area contributed by atoms with Crippen LogP contribution in [0.4, 0.5) is 5.69 Å². The van der Waals surface area contributed by atoms with Crippen molar-refractivity contribution in [2.45, 2.75) is 38.8 Å². The zero-order valence-electron chi connectivity index (χ0n) is 16.7. The Morgan fingerprint density at radius 2 is 1.48 bits per heavy atom. The standard InChI is InChI=1S/C24H24N2O3/c1-14-5-9-16(10-6-14)22(27)21-20-19(18-4-3-13-25(18)21)23(28)26(24(20)29)17-11-7-15(2)8-12-17/h5-12,18-21H,3-4,13H2,1-2H3/p+1/t18-,19-,20-,21+/m1/s1. The molecule has 148 valence electrons. The second-order valence-corrected chi connectivity index (χ2v) is 8.68. The Bertz CT molecular complexity index is 996. The second-order valence-electron chi connectivity index (χ2n) is 8.68. The molecule has 2 amide bonds. The number of rotatable bonds is 3. The van der Waals surface area contributed by atoms with Crippen LogP contribution in [-0.2, 0) is 9.59 Å². The molecule has 3 saturated heterocycles. The lowest BCUT2D eigenvalue weighted by Gasteiger charge is -2.25. The minimum absolute atomic E-state index is 0.00805. The van der Waals surface area contributed by atoms with Crippen molar-refractivity contribution in [1.82, 2.24) is 0 Å². The first kappa shape index (κ1) is 18.3. The fourth-order valence-corrected chi connectivity index (χ4v) is 5.59. The van der Waals surface area contributed by atoms with Gasteiger partial charge in [0, 0.05) is 18.4 Å². The highest BCUT2D eigenvalue weighted by Gasteiger charge is 2.68. The summed E-state index contributed by atoms with van der Waals surface area (Å²) in [6, 6.07) is 14.6. The Kier molecular flexibility index (Phi) is 4.17. The number of Topliss-reactive ketones (excluding diaryl/α,β-unsaturated/α-hetero) is 1. The van der Waals surface area contributed by atoms with Crippen LogP contribution in [0.1, 0.15) is 34.3 Å². The number of imide groups is 1. The molecule has 5 atom stereocenters. The maximum atomic E-state index is 13.5. The summed E-state index contributed by atoms with van der Waals surface area (Å²) in [5.41, 5.74) is 3.41. The van der Waals surface area contributed by atoms with Crippen LogP contribution in [0, 0.1) is 25.7 Å². The second kappa shape index (κ2) is 6.63. The average molecular weight is 389 g/mol. The fourth-order valence-electron chi connectivity index (χ4n) is 5.59. The van der Waals surface area contributed by atoms with Gasteiger partial charge in [-0.15, -0.1) is 0 Å². The van der Waals surface area contributed by atoms with Crippen molar-refractivity contribution in [3.05, 3.63) is 65.2 Å². The number of anilines is 1. The van der Waals surface area contributed by atoms with Gasteiger partial charge in [-0.3, -0.25) is 14.4 Å². The lowest BCUT2D eigenvalue weighted by Crippen LogP contribution is -3.16. The Balaban J connectivity index is 1.54. The summed E-state index contributed by atoms with van der Waals surface area (Å²) in [4.78, 5) is 42.8. The van der Waals surface area contributed by atoms with Crippen molar-refractivity contribution >= 4 is 23.3 Å². The first-order valence-corrected chi connectivity index (χ1v) is 10.4. The van der Waals surface area contributed by atoms with Gasteiger partial charge < -0.3 is 4.90 Å². The number of carbonyl (C=O) groups is 3. The van der Waals surface area contributed by atoms with Gasteiger partial charge in [0.05, 0.1) is 12.2 Å². The number of hydrogen-bond acceptors (Lipinski definition) is 3. The van der Waals surface area contributed by atoms with E-state index < -0.39 is 12.0 Å². The van der Waals surface area contributed by atoms with Gasteiger partial charge in [-0.05, 0) is 26.0 Å². The summed E-state index contributed by atoms with van der Waals surface area (Å²) >= 11 is 0. The highest BCUT2D eigenvalue weighted by molar-refractivity contribution is 6.24. The van der Waals surface area contributed by atoms with E-state index in [0.717, 1.165) is 35.4 Å². The number of amides is 2. The topological polar surface area (TPSA) is 58.9 Å². The smallest absolute Gasteiger partial charge is 0.244 e. The van der Waals surface area contributed by atoms with Crippen LogP contribution in [-0.4, -0.2) is 36.2 Å². The monoisotopic (exact) mass is 389 g/mol. The molecule has 2 aromatic carbocycles. The summed E-state index contributed by atoms with van der Waals surface area (Å²) in [5, 5.41) is 0. The van der Waals surface area contributed by atoms with E-state index in [4.69, 9.17) is 0 Å². The first-order valence-electron chi connectivity index (χ1n) is 10.4. The zero-order valence-corrected chi connectivity index (χ0v) is 16.7. The van der Waals surface area contributed by atoms with E-state index in [2.05, 4.69) is 0 Å². The number of quaternary nitrogens is 1. The molecule has 0 spiro atoms. The molecule has 0 radical (unpaired) electrons. The van der Waals surface area contributed by atoms with Gasteiger partial charge in [0.1, 0.15) is 17.9 Å². The summed E-state index contributed by atoms with van der Waals surface area (Å²) in [5.74, 6) is -1.30. The largest absolute Gasteiger partial charge is 0.322 e. The van der Waals surface area contributed by atoms with Gasteiger partial charge in [0.2, 0.25) is 17.6 Å². The summed E-state index contributed by atoms with van der Waals surface area (Å²) in [6.07, 6.45) is 1.89. The maximum Gasteiger partial charge on any atom is 0.244 e. The molecule has 1 N–H and O–H groups in total. The molecule has 3 aliphatic rings. The van der Waals surface area contributed by atoms with Gasteiger partial charge in [-0.25, -0.2) is 4.90 Å². The number of nitrogens with one attached hydrogen (secondary N) is 1. The SMILES string of the molecule is Cc1ccc(C(=O)[C@@H]2[C@@H]3C(=O)N(c4ccc(C)cc4)C(=O)[C@@H]3[C@H]3CCC[NH+]32)cc1. The van der Waals surface area contributed by atoms with E-state index in [1.54, 1.807) is 0 Å². The summed E-state index contributed by atoms with van der Waals surface area (Å²) < 4.78 is 0. The van der Waals surface area contributed by atoms with Gasteiger partial charge in [-0.2, -0.15) is 0 Å². The Labute approximate surface area is 170 Å². The van der Waals surface area contributed by atoms with Gasteiger partial charge >= 0.3 is 0 Å². The van der Waals surface area contributed by atoms with Crippen LogP contribution >= 0.6 is 0 Å². The van der Waals surface area contributed by atoms with Gasteiger partial charge in [0.15, 0.2) is 6.04 Å². The predicted octanol–water partition coefficient (Wildman–Crippen LogP) is 1.72. The number of nitrogens with zero attached hydrogens (tertiary/aromatic N) is 1. The van der Waals surface area contributed by atoms with E-state index in [0.29, 0.717) is 11.3 Å². The van der Waals surface area contributed by atoms with Gasteiger partial charge in [0.25, 0.3) is 0 Å². The molecule has 3 aliphatic heterocycles. The molecule has 3 fully saturated rings. The fraction of sp³-hybridized carbons (Fsp3) is 0.375. The zero-order chi connectivity index (χ0) is 20.3.